The average molecular weight is 347 g/mol. The Morgan fingerprint density at radius 1 is 1.16 bits per heavy atom. The van der Waals surface area contributed by atoms with Crippen molar-refractivity contribution in [3.63, 3.8) is 0 Å². The third kappa shape index (κ3) is 6.38. The molecule has 0 aromatic heterocycles. The van der Waals surface area contributed by atoms with Crippen molar-refractivity contribution < 1.29 is 14.3 Å². The van der Waals surface area contributed by atoms with Crippen LogP contribution in [0.25, 0.3) is 0 Å². The Morgan fingerprint density at radius 3 is 2.48 bits per heavy atom. The molecular weight excluding hydrogens is 318 g/mol. The van der Waals surface area contributed by atoms with E-state index in [0.29, 0.717) is 13.0 Å². The van der Waals surface area contributed by atoms with E-state index in [9.17, 15) is 9.59 Å². The maximum absolute atomic E-state index is 12.2. The van der Waals surface area contributed by atoms with Crippen molar-refractivity contribution >= 4 is 11.8 Å². The van der Waals surface area contributed by atoms with E-state index in [-0.39, 0.29) is 17.9 Å². The molecule has 0 aliphatic carbocycles. The minimum Gasteiger partial charge on any atom is -0.491 e. The van der Waals surface area contributed by atoms with E-state index in [1.54, 1.807) is 0 Å². The van der Waals surface area contributed by atoms with E-state index < -0.39 is 0 Å². The van der Waals surface area contributed by atoms with Gasteiger partial charge in [0.05, 0.1) is 6.10 Å². The molecule has 6 nitrogen and oxygen atoms in total. The van der Waals surface area contributed by atoms with Crippen LogP contribution < -0.4 is 10.1 Å². The van der Waals surface area contributed by atoms with Gasteiger partial charge in [-0.3, -0.25) is 14.5 Å². The summed E-state index contributed by atoms with van der Waals surface area (Å²) in [5, 5.41) is 2.67. The van der Waals surface area contributed by atoms with Crippen LogP contribution in [0.5, 0.6) is 5.75 Å². The lowest BCUT2D eigenvalue weighted by Gasteiger charge is -2.35. The highest BCUT2D eigenvalue weighted by Gasteiger charge is 2.21. The summed E-state index contributed by atoms with van der Waals surface area (Å²) in [6.07, 6.45) is 0.518. The zero-order valence-corrected chi connectivity index (χ0v) is 15.5. The second kappa shape index (κ2) is 9.42. The maximum Gasteiger partial charge on any atom is 0.224 e. The minimum atomic E-state index is -0.0973. The number of benzene rings is 1. The van der Waals surface area contributed by atoms with Gasteiger partial charge in [-0.15, -0.1) is 0 Å². The molecule has 1 aromatic carbocycles. The summed E-state index contributed by atoms with van der Waals surface area (Å²) in [4.78, 5) is 27.2. The molecule has 1 fully saturated rings. The lowest BCUT2D eigenvalue weighted by molar-refractivity contribution is -0.133. The number of carbonyl (C=O) groups is 2. The van der Waals surface area contributed by atoms with E-state index in [1.165, 1.54) is 12.5 Å². The number of rotatable bonds is 7. The van der Waals surface area contributed by atoms with Gasteiger partial charge in [0.1, 0.15) is 5.75 Å². The topological polar surface area (TPSA) is 61.9 Å². The van der Waals surface area contributed by atoms with Crippen LogP contribution in [0, 0.1) is 0 Å². The van der Waals surface area contributed by atoms with Crippen molar-refractivity contribution in [2.24, 2.45) is 0 Å². The first-order chi connectivity index (χ1) is 12.0. The summed E-state index contributed by atoms with van der Waals surface area (Å²) in [5.41, 5.74) is 1.18. The number of nitrogens with one attached hydrogen (secondary N) is 1. The van der Waals surface area contributed by atoms with Crippen molar-refractivity contribution in [1.82, 2.24) is 15.1 Å². The van der Waals surface area contributed by atoms with Crippen LogP contribution in [-0.2, 0) is 16.1 Å². The first-order valence-electron chi connectivity index (χ1n) is 8.95. The summed E-state index contributed by atoms with van der Waals surface area (Å²) >= 11 is 0. The Labute approximate surface area is 150 Å². The maximum atomic E-state index is 12.2. The van der Waals surface area contributed by atoms with Crippen molar-refractivity contribution in [2.45, 2.75) is 39.8 Å². The van der Waals surface area contributed by atoms with Crippen molar-refractivity contribution in [3.05, 3.63) is 29.8 Å². The molecule has 0 bridgehead atoms. The van der Waals surface area contributed by atoms with Crippen LogP contribution >= 0.6 is 0 Å². The zero-order chi connectivity index (χ0) is 18.2. The van der Waals surface area contributed by atoms with E-state index in [1.807, 2.05) is 36.9 Å². The van der Waals surface area contributed by atoms with Gasteiger partial charge in [0.25, 0.3) is 0 Å². The van der Waals surface area contributed by atoms with Gasteiger partial charge >= 0.3 is 0 Å². The van der Waals surface area contributed by atoms with Crippen molar-refractivity contribution in [3.8, 4) is 5.75 Å². The molecule has 1 aliphatic heterocycles. The van der Waals surface area contributed by atoms with E-state index in [4.69, 9.17) is 4.74 Å². The third-order valence-electron chi connectivity index (χ3n) is 4.17. The number of carbonyl (C=O) groups excluding carboxylic acids is 2. The SMILES string of the molecule is CC(=O)NCCC(=O)N1CCN(Cc2ccccc2OC(C)C)CC1. The Hall–Kier alpha value is -2.08. The number of para-hydroxylation sites is 1. The Kier molecular flexibility index (Phi) is 7.25. The summed E-state index contributed by atoms with van der Waals surface area (Å²) in [6.45, 7) is 9.92. The Bertz CT molecular complexity index is 581. The molecule has 2 amide bonds. The standard InChI is InChI=1S/C19H29N3O3/c1-15(2)25-18-7-5-4-6-17(18)14-21-10-12-22(13-11-21)19(24)8-9-20-16(3)23/h4-7,15H,8-14H2,1-3H3,(H,20,23). The van der Waals surface area contributed by atoms with Crippen LogP contribution in [0.3, 0.4) is 0 Å². The fraction of sp³-hybridized carbons (Fsp3) is 0.579. The van der Waals surface area contributed by atoms with Crippen LogP contribution in [0.2, 0.25) is 0 Å². The van der Waals surface area contributed by atoms with Gasteiger partial charge in [-0.05, 0) is 19.9 Å². The Balaban J connectivity index is 1.81. The minimum absolute atomic E-state index is 0.0973. The molecule has 2 rings (SSSR count). The van der Waals surface area contributed by atoms with Crippen LogP contribution in [0.1, 0.15) is 32.8 Å². The van der Waals surface area contributed by atoms with Gasteiger partial charge in [0.15, 0.2) is 0 Å². The molecule has 1 aliphatic rings. The normalized spacial score (nSPS) is 15.3. The van der Waals surface area contributed by atoms with E-state index in [0.717, 1.165) is 38.5 Å². The number of ether oxygens (including phenoxy) is 1. The molecule has 1 aromatic rings. The van der Waals surface area contributed by atoms with Crippen LogP contribution in [0.15, 0.2) is 24.3 Å². The molecule has 0 spiro atoms. The molecule has 0 radical (unpaired) electrons. The van der Waals surface area contributed by atoms with Gasteiger partial charge in [0, 0.05) is 58.2 Å². The van der Waals surface area contributed by atoms with E-state index >= 15 is 0 Å². The predicted molar refractivity (Wildman–Crippen MR) is 97.4 cm³/mol. The quantitative estimate of drug-likeness (QED) is 0.815. The highest BCUT2D eigenvalue weighted by molar-refractivity contribution is 5.78. The smallest absolute Gasteiger partial charge is 0.224 e. The fourth-order valence-electron chi connectivity index (χ4n) is 2.90. The number of piperazine rings is 1. The Morgan fingerprint density at radius 2 is 1.84 bits per heavy atom. The summed E-state index contributed by atoms with van der Waals surface area (Å²) in [6, 6.07) is 8.14. The molecule has 25 heavy (non-hydrogen) atoms. The molecule has 0 saturated carbocycles. The van der Waals surface area contributed by atoms with Gasteiger partial charge in [-0.1, -0.05) is 18.2 Å². The van der Waals surface area contributed by atoms with Gasteiger partial charge in [-0.25, -0.2) is 0 Å². The first kappa shape index (κ1) is 19.2. The van der Waals surface area contributed by atoms with Gasteiger partial charge in [0.2, 0.25) is 11.8 Å². The summed E-state index contributed by atoms with van der Waals surface area (Å²) in [7, 11) is 0. The number of amides is 2. The third-order valence-corrected chi connectivity index (χ3v) is 4.17. The average Bonchev–Trinajstić information content (AvgIpc) is 2.56. The number of hydrogen-bond acceptors (Lipinski definition) is 4. The highest BCUT2D eigenvalue weighted by Crippen LogP contribution is 2.21. The van der Waals surface area contributed by atoms with Crippen LogP contribution in [0.4, 0.5) is 0 Å². The lowest BCUT2D eigenvalue weighted by Crippen LogP contribution is -2.48. The zero-order valence-electron chi connectivity index (χ0n) is 15.5. The molecule has 0 unspecified atom stereocenters. The van der Waals surface area contributed by atoms with Crippen molar-refractivity contribution in [1.29, 1.82) is 0 Å². The molecule has 1 heterocycles. The molecule has 1 saturated heterocycles. The van der Waals surface area contributed by atoms with E-state index in [2.05, 4.69) is 16.3 Å². The van der Waals surface area contributed by atoms with Crippen LogP contribution in [-0.4, -0.2) is 60.4 Å². The molecule has 138 valence electrons. The van der Waals surface area contributed by atoms with Gasteiger partial charge < -0.3 is 15.0 Å². The predicted octanol–water partition coefficient (Wildman–Crippen LogP) is 1.64. The number of hydrogen-bond donors (Lipinski definition) is 1. The number of nitrogens with zero attached hydrogens (tertiary/aromatic N) is 2. The van der Waals surface area contributed by atoms with Gasteiger partial charge in [-0.2, -0.15) is 0 Å². The highest BCUT2D eigenvalue weighted by atomic mass is 16.5. The molecule has 1 N–H and O–H groups in total. The molecule has 6 heteroatoms. The molecule has 0 atom stereocenters. The monoisotopic (exact) mass is 347 g/mol. The molecular formula is C19H29N3O3. The fourth-order valence-corrected chi connectivity index (χ4v) is 2.90. The summed E-state index contributed by atoms with van der Waals surface area (Å²) in [5.74, 6) is 0.947. The largest absolute Gasteiger partial charge is 0.491 e. The summed E-state index contributed by atoms with van der Waals surface area (Å²) < 4.78 is 5.88. The second-order valence-electron chi connectivity index (χ2n) is 6.66. The lowest BCUT2D eigenvalue weighted by atomic mass is 10.1. The second-order valence-corrected chi connectivity index (χ2v) is 6.66. The first-order valence-corrected chi connectivity index (χ1v) is 8.95. The van der Waals surface area contributed by atoms with Crippen molar-refractivity contribution in [2.75, 3.05) is 32.7 Å².